The number of carbonyl (C=O) groups is 2. The fourth-order valence-corrected chi connectivity index (χ4v) is 5.05. The van der Waals surface area contributed by atoms with Gasteiger partial charge in [0.1, 0.15) is 11.5 Å². The summed E-state index contributed by atoms with van der Waals surface area (Å²) < 4.78 is 39.7. The van der Waals surface area contributed by atoms with E-state index in [-0.39, 0.29) is 33.9 Å². The van der Waals surface area contributed by atoms with Crippen LogP contribution in [0.4, 0.5) is 17.1 Å². The van der Waals surface area contributed by atoms with Gasteiger partial charge < -0.3 is 19.7 Å². The molecule has 0 radical (unpaired) electrons. The predicted octanol–water partition coefficient (Wildman–Crippen LogP) is 3.67. The van der Waals surface area contributed by atoms with Gasteiger partial charge >= 0.3 is 0 Å². The first kappa shape index (κ1) is 24.1. The second-order valence-electron chi connectivity index (χ2n) is 7.89. The van der Waals surface area contributed by atoms with Crippen LogP contribution in [0.1, 0.15) is 22.8 Å². The summed E-state index contributed by atoms with van der Waals surface area (Å²) in [5.41, 5.74) is 2.43. The Morgan fingerprint density at radius 1 is 0.914 bits per heavy atom. The maximum atomic E-state index is 13.2. The number of benzene rings is 3. The molecule has 0 aliphatic carbocycles. The highest BCUT2D eigenvalue weighted by molar-refractivity contribution is 7.92. The number of amides is 2. The van der Waals surface area contributed by atoms with Gasteiger partial charge in [-0.15, -0.1) is 0 Å². The highest BCUT2D eigenvalue weighted by Crippen LogP contribution is 2.38. The fraction of sp³-hybridized carbons (Fsp3) is 0.200. The number of anilines is 3. The van der Waals surface area contributed by atoms with Crippen LogP contribution in [0.5, 0.6) is 11.5 Å². The van der Waals surface area contributed by atoms with Crippen LogP contribution in [-0.2, 0) is 21.2 Å². The number of hydrogen-bond donors (Lipinski definition) is 2. The quantitative estimate of drug-likeness (QED) is 0.517. The molecule has 0 saturated carbocycles. The summed E-state index contributed by atoms with van der Waals surface area (Å²) in [4.78, 5) is 26.1. The Bertz CT molecular complexity index is 1390. The average Bonchev–Trinajstić information content (AvgIpc) is 3.28. The third kappa shape index (κ3) is 4.92. The fourth-order valence-electron chi connectivity index (χ4n) is 3.94. The smallest absolute Gasteiger partial charge is 0.262 e. The molecule has 1 heterocycles. The monoisotopic (exact) mass is 495 g/mol. The van der Waals surface area contributed by atoms with Crippen LogP contribution < -0.4 is 24.4 Å². The predicted molar refractivity (Wildman–Crippen MR) is 133 cm³/mol. The molecule has 0 atom stereocenters. The zero-order valence-corrected chi connectivity index (χ0v) is 20.3. The second kappa shape index (κ2) is 9.67. The molecular formula is C25H25N3O6S. The van der Waals surface area contributed by atoms with Gasteiger partial charge in [0.2, 0.25) is 5.91 Å². The van der Waals surface area contributed by atoms with Gasteiger partial charge in [-0.25, -0.2) is 8.42 Å². The summed E-state index contributed by atoms with van der Waals surface area (Å²) in [6.07, 6.45) is 0.575. The summed E-state index contributed by atoms with van der Waals surface area (Å²) in [6, 6.07) is 16.3. The first-order valence-corrected chi connectivity index (χ1v) is 12.3. The SMILES string of the molecule is COc1cc(NS(=O)(=O)c2ccc3c(c2)CCN3C(C)=O)c(OC)cc1NC(=O)c1ccccc1. The van der Waals surface area contributed by atoms with Crippen molar-refractivity contribution in [3.05, 3.63) is 71.8 Å². The van der Waals surface area contributed by atoms with Gasteiger partial charge in [-0.2, -0.15) is 0 Å². The first-order valence-electron chi connectivity index (χ1n) is 10.8. The zero-order chi connectivity index (χ0) is 25.2. The summed E-state index contributed by atoms with van der Waals surface area (Å²) in [7, 11) is -1.17. The van der Waals surface area contributed by atoms with Crippen molar-refractivity contribution in [3.63, 3.8) is 0 Å². The van der Waals surface area contributed by atoms with Crippen LogP contribution in [0.25, 0.3) is 0 Å². The highest BCUT2D eigenvalue weighted by Gasteiger charge is 2.26. The Morgan fingerprint density at radius 2 is 1.57 bits per heavy atom. The van der Waals surface area contributed by atoms with Crippen LogP contribution >= 0.6 is 0 Å². The molecule has 0 aromatic heterocycles. The molecular weight excluding hydrogens is 470 g/mol. The molecule has 2 amide bonds. The maximum Gasteiger partial charge on any atom is 0.262 e. The number of hydrogen-bond acceptors (Lipinski definition) is 6. The van der Waals surface area contributed by atoms with Crippen molar-refractivity contribution in [1.82, 2.24) is 0 Å². The molecule has 0 unspecified atom stereocenters. The molecule has 35 heavy (non-hydrogen) atoms. The van der Waals surface area contributed by atoms with Crippen LogP contribution in [0.2, 0.25) is 0 Å². The van der Waals surface area contributed by atoms with Crippen LogP contribution in [0, 0.1) is 0 Å². The first-order chi connectivity index (χ1) is 16.7. The molecule has 1 aliphatic rings. The molecule has 1 aliphatic heterocycles. The Labute approximate surface area is 203 Å². The molecule has 2 N–H and O–H groups in total. The lowest BCUT2D eigenvalue weighted by Crippen LogP contribution is -2.25. The van der Waals surface area contributed by atoms with Crippen molar-refractivity contribution in [2.75, 3.05) is 35.7 Å². The Hall–Kier alpha value is -4.05. The van der Waals surface area contributed by atoms with Gasteiger partial charge in [-0.3, -0.25) is 14.3 Å². The minimum Gasteiger partial charge on any atom is -0.494 e. The van der Waals surface area contributed by atoms with E-state index in [1.165, 1.54) is 39.3 Å². The third-order valence-electron chi connectivity index (χ3n) is 5.69. The lowest BCUT2D eigenvalue weighted by atomic mass is 10.2. The van der Waals surface area contributed by atoms with E-state index in [1.54, 1.807) is 41.3 Å². The van der Waals surface area contributed by atoms with Crippen molar-refractivity contribution in [1.29, 1.82) is 0 Å². The van der Waals surface area contributed by atoms with Gasteiger partial charge in [0.05, 0.1) is 30.5 Å². The molecule has 4 rings (SSSR count). The van der Waals surface area contributed by atoms with Crippen LogP contribution in [-0.4, -0.2) is 41.0 Å². The van der Waals surface area contributed by atoms with Crippen molar-refractivity contribution in [2.45, 2.75) is 18.2 Å². The molecule has 0 fully saturated rings. The number of nitrogens with one attached hydrogen (secondary N) is 2. The molecule has 3 aromatic rings. The van der Waals surface area contributed by atoms with E-state index in [4.69, 9.17) is 9.47 Å². The number of sulfonamides is 1. The van der Waals surface area contributed by atoms with Crippen molar-refractivity contribution < 1.29 is 27.5 Å². The van der Waals surface area contributed by atoms with E-state index in [0.29, 0.717) is 29.9 Å². The normalized spacial score (nSPS) is 12.6. The van der Waals surface area contributed by atoms with Crippen molar-refractivity contribution in [3.8, 4) is 11.5 Å². The summed E-state index contributed by atoms with van der Waals surface area (Å²) >= 11 is 0. The minimum atomic E-state index is -3.99. The Morgan fingerprint density at radius 3 is 2.23 bits per heavy atom. The molecule has 9 nitrogen and oxygen atoms in total. The highest BCUT2D eigenvalue weighted by atomic mass is 32.2. The lowest BCUT2D eigenvalue weighted by Gasteiger charge is -2.18. The number of rotatable bonds is 7. The topological polar surface area (TPSA) is 114 Å². The van der Waals surface area contributed by atoms with E-state index in [1.807, 2.05) is 6.07 Å². The van der Waals surface area contributed by atoms with Gasteiger partial charge in [0.25, 0.3) is 15.9 Å². The summed E-state index contributed by atoms with van der Waals surface area (Å²) in [6.45, 7) is 2.00. The van der Waals surface area contributed by atoms with E-state index in [2.05, 4.69) is 10.0 Å². The average molecular weight is 496 g/mol. The van der Waals surface area contributed by atoms with Gasteiger partial charge in [0.15, 0.2) is 0 Å². The number of carbonyl (C=O) groups excluding carboxylic acids is 2. The van der Waals surface area contributed by atoms with Crippen molar-refractivity contribution >= 4 is 38.9 Å². The van der Waals surface area contributed by atoms with Gasteiger partial charge in [0, 0.05) is 36.9 Å². The van der Waals surface area contributed by atoms with Crippen molar-refractivity contribution in [2.24, 2.45) is 0 Å². The third-order valence-corrected chi connectivity index (χ3v) is 7.05. The number of methoxy groups -OCH3 is 2. The van der Waals surface area contributed by atoms with E-state index < -0.39 is 10.0 Å². The summed E-state index contributed by atoms with van der Waals surface area (Å²) in [5.74, 6) is 0.00581. The minimum absolute atomic E-state index is 0.0594. The lowest BCUT2D eigenvalue weighted by molar-refractivity contribution is -0.116. The largest absolute Gasteiger partial charge is 0.494 e. The molecule has 3 aromatic carbocycles. The van der Waals surface area contributed by atoms with Crippen LogP contribution in [0.3, 0.4) is 0 Å². The van der Waals surface area contributed by atoms with Gasteiger partial charge in [-0.05, 0) is 42.3 Å². The molecule has 0 spiro atoms. The van der Waals surface area contributed by atoms with Gasteiger partial charge in [-0.1, -0.05) is 18.2 Å². The molecule has 10 heteroatoms. The maximum absolute atomic E-state index is 13.2. The Kier molecular flexibility index (Phi) is 6.65. The molecule has 182 valence electrons. The number of ether oxygens (including phenoxy) is 2. The van der Waals surface area contributed by atoms with Crippen LogP contribution in [0.15, 0.2) is 65.6 Å². The van der Waals surface area contributed by atoms with E-state index in [9.17, 15) is 18.0 Å². The molecule has 0 saturated heterocycles. The van der Waals surface area contributed by atoms with E-state index >= 15 is 0 Å². The second-order valence-corrected chi connectivity index (χ2v) is 9.57. The number of nitrogens with zero attached hydrogens (tertiary/aromatic N) is 1. The summed E-state index contributed by atoms with van der Waals surface area (Å²) in [5, 5.41) is 2.76. The van der Waals surface area contributed by atoms with E-state index in [0.717, 1.165) is 5.56 Å². The number of fused-ring (bicyclic) bond motifs is 1. The zero-order valence-electron chi connectivity index (χ0n) is 19.5. The standard InChI is InChI=1S/C25H25N3O6S/c1-16(29)28-12-11-18-13-19(9-10-22(18)28)35(31,32)27-21-15-23(33-2)20(14-24(21)34-3)26-25(30)17-7-5-4-6-8-17/h4-10,13-15,27H,11-12H2,1-3H3,(H,26,30). The molecule has 0 bridgehead atoms. The Balaban J connectivity index is 1.62.